The molecule has 5 rings (SSSR count). The summed E-state index contributed by atoms with van der Waals surface area (Å²) in [7, 11) is 0. The van der Waals surface area contributed by atoms with Crippen LogP contribution >= 0.6 is 0 Å². The van der Waals surface area contributed by atoms with E-state index in [1.807, 2.05) is 66.7 Å². The van der Waals surface area contributed by atoms with E-state index in [0.29, 0.717) is 11.3 Å². The molecule has 9 heteroatoms. The van der Waals surface area contributed by atoms with Crippen LogP contribution in [0.3, 0.4) is 0 Å². The summed E-state index contributed by atoms with van der Waals surface area (Å²) in [6.45, 7) is -0.0327. The maximum absolute atomic E-state index is 12.7. The summed E-state index contributed by atoms with van der Waals surface area (Å²) in [6.07, 6.45) is 1.63. The van der Waals surface area contributed by atoms with E-state index >= 15 is 0 Å². The number of carbonyl (C=O) groups is 1. The highest BCUT2D eigenvalue weighted by atomic mass is 16.6. The molecule has 9 nitrogen and oxygen atoms in total. The predicted octanol–water partition coefficient (Wildman–Crippen LogP) is 2.97. The van der Waals surface area contributed by atoms with Crippen LogP contribution in [0, 0.1) is 0 Å². The molecule has 3 aromatic carbocycles. The van der Waals surface area contributed by atoms with Crippen molar-refractivity contribution in [2.45, 2.75) is 6.54 Å². The average Bonchev–Trinajstić information content (AvgIpc) is 3.37. The molecule has 3 N–H and O–H groups in total. The first-order valence-electron chi connectivity index (χ1n) is 9.54. The van der Waals surface area contributed by atoms with E-state index in [4.69, 9.17) is 10.4 Å². The molecule has 0 aliphatic heterocycles. The molecular formula is C22H17N7O2. The van der Waals surface area contributed by atoms with Gasteiger partial charge in [0.1, 0.15) is 6.54 Å². The van der Waals surface area contributed by atoms with Gasteiger partial charge in [0, 0.05) is 5.56 Å². The number of imidazole rings is 1. The van der Waals surface area contributed by atoms with Gasteiger partial charge in [-0.2, -0.15) is 5.10 Å². The van der Waals surface area contributed by atoms with Crippen LogP contribution in [0.5, 0.6) is 0 Å². The third kappa shape index (κ3) is 3.48. The molecule has 2 aromatic heterocycles. The van der Waals surface area contributed by atoms with E-state index < -0.39 is 0 Å². The maximum Gasteiger partial charge on any atom is 0.260 e. The van der Waals surface area contributed by atoms with E-state index in [1.165, 1.54) is 0 Å². The minimum absolute atomic E-state index is 0.0327. The second-order valence-corrected chi connectivity index (χ2v) is 6.87. The molecule has 0 spiro atoms. The topological polar surface area (TPSA) is 124 Å². The van der Waals surface area contributed by atoms with Crippen LogP contribution in [0.2, 0.25) is 0 Å². The minimum Gasteiger partial charge on any atom is -0.379 e. The van der Waals surface area contributed by atoms with Gasteiger partial charge in [-0.25, -0.2) is 15.0 Å². The monoisotopic (exact) mass is 411 g/mol. The van der Waals surface area contributed by atoms with Crippen molar-refractivity contribution in [3.05, 3.63) is 72.3 Å². The lowest BCUT2D eigenvalue weighted by Gasteiger charge is -2.07. The van der Waals surface area contributed by atoms with Crippen LogP contribution in [-0.4, -0.2) is 32.0 Å². The number of hydrogen-bond acceptors (Lipinski definition) is 7. The highest BCUT2D eigenvalue weighted by molar-refractivity contribution is 6.00. The lowest BCUT2D eigenvalue weighted by Crippen LogP contribution is -2.23. The molecule has 1 amide bonds. The van der Waals surface area contributed by atoms with Gasteiger partial charge < -0.3 is 10.3 Å². The van der Waals surface area contributed by atoms with Crippen molar-refractivity contribution in [3.8, 4) is 11.5 Å². The zero-order chi connectivity index (χ0) is 21.2. The minimum atomic E-state index is -0.323. The number of carbonyl (C=O) groups excluding carboxylic acids is 1. The van der Waals surface area contributed by atoms with Crippen LogP contribution in [-0.2, 0) is 11.3 Å². The molecule has 31 heavy (non-hydrogen) atoms. The number of amides is 1. The van der Waals surface area contributed by atoms with E-state index in [9.17, 15) is 4.79 Å². The summed E-state index contributed by atoms with van der Waals surface area (Å²) < 4.78 is 6.40. The Morgan fingerprint density at radius 2 is 1.87 bits per heavy atom. The van der Waals surface area contributed by atoms with Gasteiger partial charge in [0.2, 0.25) is 0 Å². The number of para-hydroxylation sites is 2. The molecule has 152 valence electrons. The van der Waals surface area contributed by atoms with Gasteiger partial charge in [-0.05, 0) is 33.2 Å². The Morgan fingerprint density at radius 3 is 2.74 bits per heavy atom. The van der Waals surface area contributed by atoms with Crippen molar-refractivity contribution in [2.75, 3.05) is 5.73 Å². The summed E-state index contributed by atoms with van der Waals surface area (Å²) in [5.41, 5.74) is 11.1. The first-order chi connectivity index (χ1) is 15.2. The number of aromatic nitrogens is 4. The van der Waals surface area contributed by atoms with Crippen molar-refractivity contribution < 1.29 is 9.42 Å². The van der Waals surface area contributed by atoms with E-state index in [0.717, 1.165) is 21.9 Å². The summed E-state index contributed by atoms with van der Waals surface area (Å²) in [6, 6.07) is 21.3. The van der Waals surface area contributed by atoms with E-state index in [2.05, 4.69) is 25.8 Å². The van der Waals surface area contributed by atoms with Gasteiger partial charge in [0.15, 0.2) is 17.3 Å². The predicted molar refractivity (Wildman–Crippen MR) is 117 cm³/mol. The van der Waals surface area contributed by atoms with Gasteiger partial charge in [0.05, 0.1) is 17.2 Å². The lowest BCUT2D eigenvalue weighted by molar-refractivity contribution is -0.121. The SMILES string of the molecule is Nc1nonc1-c1nc2ccccc2n1CC(=O)NN=Cc1cccc2ccccc12. The van der Waals surface area contributed by atoms with Gasteiger partial charge in [0.25, 0.3) is 5.91 Å². The fourth-order valence-electron chi connectivity index (χ4n) is 3.48. The standard InChI is InChI=1S/C22H17N7O2/c23-21-20(27-31-28-21)22-25-17-10-3-4-11-18(17)29(22)13-19(30)26-24-12-15-8-5-7-14-6-1-2-9-16(14)15/h1-12H,13H2,(H2,23,28)(H,26,30). The van der Waals surface area contributed by atoms with Crippen molar-refractivity contribution in [2.24, 2.45) is 5.10 Å². The van der Waals surface area contributed by atoms with Gasteiger partial charge in [-0.15, -0.1) is 0 Å². The van der Waals surface area contributed by atoms with Crippen LogP contribution < -0.4 is 11.2 Å². The normalized spacial score (nSPS) is 11.5. The lowest BCUT2D eigenvalue weighted by atomic mass is 10.1. The third-order valence-electron chi connectivity index (χ3n) is 4.90. The van der Waals surface area contributed by atoms with Crippen molar-refractivity contribution in [1.29, 1.82) is 0 Å². The molecule has 5 aromatic rings. The fourth-order valence-corrected chi connectivity index (χ4v) is 3.48. The number of anilines is 1. The quantitative estimate of drug-likeness (QED) is 0.338. The number of nitrogen functional groups attached to an aromatic ring is 1. The molecule has 0 fully saturated rings. The van der Waals surface area contributed by atoms with Crippen LogP contribution in [0.4, 0.5) is 5.82 Å². The number of nitrogens with zero attached hydrogens (tertiary/aromatic N) is 5. The first-order valence-corrected chi connectivity index (χ1v) is 9.54. The average molecular weight is 411 g/mol. The van der Waals surface area contributed by atoms with E-state index in [-0.39, 0.29) is 24.0 Å². The number of benzene rings is 3. The van der Waals surface area contributed by atoms with Gasteiger partial charge in [-0.3, -0.25) is 4.79 Å². The fraction of sp³-hybridized carbons (Fsp3) is 0.0455. The Hall–Kier alpha value is -4.53. The molecule has 0 saturated carbocycles. The highest BCUT2D eigenvalue weighted by Gasteiger charge is 2.20. The Kier molecular flexibility index (Phi) is 4.60. The second-order valence-electron chi connectivity index (χ2n) is 6.87. The van der Waals surface area contributed by atoms with Crippen LogP contribution in [0.15, 0.2) is 76.5 Å². The Balaban J connectivity index is 1.41. The maximum atomic E-state index is 12.7. The summed E-state index contributed by atoms with van der Waals surface area (Å²) in [5, 5.41) is 13.7. The molecule has 0 bridgehead atoms. The number of nitrogens with two attached hydrogens (primary N) is 1. The molecule has 0 atom stereocenters. The highest BCUT2D eigenvalue weighted by Crippen LogP contribution is 2.26. The zero-order valence-electron chi connectivity index (χ0n) is 16.3. The molecule has 0 aliphatic carbocycles. The Bertz CT molecular complexity index is 1430. The first kappa shape index (κ1) is 18.5. The van der Waals surface area contributed by atoms with E-state index in [1.54, 1.807) is 10.8 Å². The number of hydrazone groups is 1. The second kappa shape index (κ2) is 7.71. The Morgan fingerprint density at radius 1 is 1.06 bits per heavy atom. The molecule has 2 heterocycles. The summed E-state index contributed by atoms with van der Waals surface area (Å²) in [5.74, 6) is 0.176. The van der Waals surface area contributed by atoms with Gasteiger partial charge >= 0.3 is 0 Å². The zero-order valence-corrected chi connectivity index (χ0v) is 16.3. The summed E-state index contributed by atoms with van der Waals surface area (Å²) in [4.78, 5) is 17.2. The Labute approximate surface area is 176 Å². The molecule has 0 aliphatic rings. The third-order valence-corrected chi connectivity index (χ3v) is 4.90. The molecule has 0 unspecified atom stereocenters. The van der Waals surface area contributed by atoms with Crippen LogP contribution in [0.25, 0.3) is 33.3 Å². The number of fused-ring (bicyclic) bond motifs is 2. The number of hydrogen-bond donors (Lipinski definition) is 2. The van der Waals surface area contributed by atoms with Crippen LogP contribution in [0.1, 0.15) is 5.56 Å². The van der Waals surface area contributed by atoms with Crippen molar-refractivity contribution in [1.82, 2.24) is 25.3 Å². The largest absolute Gasteiger partial charge is 0.379 e. The smallest absolute Gasteiger partial charge is 0.260 e. The summed E-state index contributed by atoms with van der Waals surface area (Å²) >= 11 is 0. The number of nitrogens with one attached hydrogen (secondary N) is 1. The number of rotatable bonds is 5. The van der Waals surface area contributed by atoms with Gasteiger partial charge in [-0.1, -0.05) is 54.6 Å². The molecule has 0 radical (unpaired) electrons. The van der Waals surface area contributed by atoms with Crippen molar-refractivity contribution in [3.63, 3.8) is 0 Å². The molecule has 0 saturated heterocycles. The van der Waals surface area contributed by atoms with Crippen molar-refractivity contribution >= 4 is 39.7 Å². The molecular weight excluding hydrogens is 394 g/mol.